The van der Waals surface area contributed by atoms with Crippen LogP contribution in [0.15, 0.2) is 97.2 Å². The molecule has 138 valence electrons. The van der Waals surface area contributed by atoms with Crippen LogP contribution in [0.2, 0.25) is 5.02 Å². The predicted octanol–water partition coefficient (Wildman–Crippen LogP) is 6.72. The lowest BCUT2D eigenvalue weighted by Gasteiger charge is -2.14. The van der Waals surface area contributed by atoms with Crippen LogP contribution in [0.25, 0.3) is 11.1 Å². The summed E-state index contributed by atoms with van der Waals surface area (Å²) >= 11 is 6.46. The van der Waals surface area contributed by atoms with Crippen molar-refractivity contribution in [3.05, 3.63) is 108 Å². The number of nitrogens with zero attached hydrogens (tertiary/aromatic N) is 1. The third-order valence-corrected chi connectivity index (χ3v) is 4.63. The van der Waals surface area contributed by atoms with E-state index in [1.165, 1.54) is 0 Å². The Labute approximate surface area is 169 Å². The highest BCUT2D eigenvalue weighted by molar-refractivity contribution is 6.33. The van der Waals surface area contributed by atoms with Crippen molar-refractivity contribution >= 4 is 23.0 Å². The molecule has 4 rings (SSSR count). The summed E-state index contributed by atoms with van der Waals surface area (Å²) in [6.45, 7) is 0.441. The molecule has 0 bridgehead atoms. The van der Waals surface area contributed by atoms with Crippen LogP contribution in [-0.2, 0) is 6.61 Å². The number of hydrogen-bond acceptors (Lipinski definition) is 3. The number of ether oxygens (including phenoxy) is 1. The largest absolute Gasteiger partial charge is 0.472 e. The van der Waals surface area contributed by atoms with Crippen molar-refractivity contribution in [1.82, 2.24) is 4.98 Å². The van der Waals surface area contributed by atoms with Gasteiger partial charge in [0.2, 0.25) is 5.88 Å². The highest BCUT2D eigenvalue weighted by Gasteiger charge is 2.13. The summed E-state index contributed by atoms with van der Waals surface area (Å²) in [6, 6.07) is 29.7. The van der Waals surface area contributed by atoms with E-state index in [2.05, 4.69) is 10.3 Å². The van der Waals surface area contributed by atoms with Gasteiger partial charge in [0.15, 0.2) is 0 Å². The molecule has 0 aliphatic heterocycles. The SMILES string of the molecule is Clc1ccccc1-c1cc(Nc2ccccc2)cnc1OCc1ccccc1. The molecule has 1 aromatic heterocycles. The lowest BCUT2D eigenvalue weighted by molar-refractivity contribution is 0.295. The molecule has 0 saturated heterocycles. The van der Waals surface area contributed by atoms with Crippen molar-refractivity contribution in [3.8, 4) is 17.0 Å². The van der Waals surface area contributed by atoms with Gasteiger partial charge in [-0.15, -0.1) is 0 Å². The zero-order valence-electron chi connectivity index (χ0n) is 15.2. The van der Waals surface area contributed by atoms with Gasteiger partial charge < -0.3 is 10.1 Å². The Morgan fingerprint density at radius 2 is 1.43 bits per heavy atom. The fourth-order valence-electron chi connectivity index (χ4n) is 2.92. The van der Waals surface area contributed by atoms with Crippen molar-refractivity contribution in [2.45, 2.75) is 6.61 Å². The van der Waals surface area contributed by atoms with E-state index in [1.807, 2.05) is 91.0 Å². The number of halogens is 1. The van der Waals surface area contributed by atoms with Gasteiger partial charge in [-0.05, 0) is 29.8 Å². The molecule has 0 spiro atoms. The Kier molecular flexibility index (Phi) is 5.55. The summed E-state index contributed by atoms with van der Waals surface area (Å²) in [7, 11) is 0. The second-order valence-corrected chi connectivity index (χ2v) is 6.73. The number of hydrogen-bond donors (Lipinski definition) is 1. The minimum absolute atomic E-state index is 0.441. The van der Waals surface area contributed by atoms with E-state index in [9.17, 15) is 0 Å². The molecule has 0 amide bonds. The maximum Gasteiger partial charge on any atom is 0.221 e. The Morgan fingerprint density at radius 3 is 2.18 bits per heavy atom. The van der Waals surface area contributed by atoms with Gasteiger partial charge >= 0.3 is 0 Å². The van der Waals surface area contributed by atoms with Crippen LogP contribution in [0.3, 0.4) is 0 Å². The molecule has 1 heterocycles. The second-order valence-electron chi connectivity index (χ2n) is 6.32. The molecule has 3 aromatic carbocycles. The van der Waals surface area contributed by atoms with E-state index in [4.69, 9.17) is 16.3 Å². The quantitative estimate of drug-likeness (QED) is 0.399. The van der Waals surface area contributed by atoms with Crippen LogP contribution in [0.1, 0.15) is 5.56 Å². The number of pyridine rings is 1. The molecule has 0 saturated carbocycles. The molecule has 0 fully saturated rings. The molecule has 0 aliphatic rings. The van der Waals surface area contributed by atoms with E-state index < -0.39 is 0 Å². The van der Waals surface area contributed by atoms with Gasteiger partial charge in [0, 0.05) is 21.8 Å². The van der Waals surface area contributed by atoms with E-state index in [-0.39, 0.29) is 0 Å². The van der Waals surface area contributed by atoms with Crippen LogP contribution in [0.4, 0.5) is 11.4 Å². The van der Waals surface area contributed by atoms with Crippen molar-refractivity contribution in [3.63, 3.8) is 0 Å². The lowest BCUT2D eigenvalue weighted by Crippen LogP contribution is -2.00. The highest BCUT2D eigenvalue weighted by Crippen LogP contribution is 2.36. The standard InChI is InChI=1S/C24H19ClN2O/c25-23-14-8-7-13-21(23)22-15-20(27-19-11-5-2-6-12-19)16-26-24(22)28-17-18-9-3-1-4-10-18/h1-16,27H,17H2. The third kappa shape index (κ3) is 4.33. The average molecular weight is 387 g/mol. The Bertz CT molecular complexity index is 1050. The summed E-state index contributed by atoms with van der Waals surface area (Å²) in [5.74, 6) is 0.551. The zero-order valence-corrected chi connectivity index (χ0v) is 15.9. The fraction of sp³-hybridized carbons (Fsp3) is 0.0417. The smallest absolute Gasteiger partial charge is 0.221 e. The van der Waals surface area contributed by atoms with Crippen LogP contribution < -0.4 is 10.1 Å². The molecule has 4 aromatic rings. The first-order valence-corrected chi connectivity index (χ1v) is 9.41. The third-order valence-electron chi connectivity index (χ3n) is 4.30. The molecule has 0 radical (unpaired) electrons. The highest BCUT2D eigenvalue weighted by atomic mass is 35.5. The number of aromatic nitrogens is 1. The van der Waals surface area contributed by atoms with Crippen molar-refractivity contribution in [2.75, 3.05) is 5.32 Å². The number of anilines is 2. The molecule has 0 aliphatic carbocycles. The Balaban J connectivity index is 1.67. The van der Waals surface area contributed by atoms with Gasteiger partial charge in [-0.3, -0.25) is 0 Å². The van der Waals surface area contributed by atoms with Crippen molar-refractivity contribution < 1.29 is 4.74 Å². The Morgan fingerprint density at radius 1 is 0.750 bits per heavy atom. The Hall–Kier alpha value is -3.30. The fourth-order valence-corrected chi connectivity index (χ4v) is 3.16. The molecular weight excluding hydrogens is 368 g/mol. The average Bonchev–Trinajstić information content (AvgIpc) is 2.75. The summed E-state index contributed by atoms with van der Waals surface area (Å²) in [6.07, 6.45) is 1.77. The minimum Gasteiger partial charge on any atom is -0.472 e. The molecule has 0 unspecified atom stereocenters. The van der Waals surface area contributed by atoms with Crippen LogP contribution in [0.5, 0.6) is 5.88 Å². The number of para-hydroxylation sites is 1. The molecule has 0 atom stereocenters. The summed E-state index contributed by atoms with van der Waals surface area (Å²) in [5.41, 5.74) is 4.68. The van der Waals surface area contributed by atoms with Gasteiger partial charge in [0.25, 0.3) is 0 Å². The summed E-state index contributed by atoms with van der Waals surface area (Å²) < 4.78 is 6.04. The zero-order chi connectivity index (χ0) is 19.2. The van der Waals surface area contributed by atoms with E-state index in [0.717, 1.165) is 28.1 Å². The first-order chi connectivity index (χ1) is 13.8. The van der Waals surface area contributed by atoms with E-state index in [0.29, 0.717) is 17.5 Å². The lowest BCUT2D eigenvalue weighted by atomic mass is 10.1. The van der Waals surface area contributed by atoms with Gasteiger partial charge in [0.05, 0.1) is 11.9 Å². The van der Waals surface area contributed by atoms with Crippen LogP contribution in [0, 0.1) is 0 Å². The van der Waals surface area contributed by atoms with E-state index >= 15 is 0 Å². The number of nitrogens with one attached hydrogen (secondary N) is 1. The van der Waals surface area contributed by atoms with E-state index in [1.54, 1.807) is 6.20 Å². The van der Waals surface area contributed by atoms with Crippen LogP contribution >= 0.6 is 11.6 Å². The van der Waals surface area contributed by atoms with Gasteiger partial charge in [-0.1, -0.05) is 78.3 Å². The van der Waals surface area contributed by atoms with Crippen molar-refractivity contribution in [1.29, 1.82) is 0 Å². The number of rotatable bonds is 6. The van der Waals surface area contributed by atoms with Gasteiger partial charge in [0.1, 0.15) is 6.61 Å². The summed E-state index contributed by atoms with van der Waals surface area (Å²) in [4.78, 5) is 4.56. The first kappa shape index (κ1) is 18.1. The number of benzene rings is 3. The monoisotopic (exact) mass is 386 g/mol. The van der Waals surface area contributed by atoms with Gasteiger partial charge in [-0.25, -0.2) is 4.98 Å². The van der Waals surface area contributed by atoms with Crippen molar-refractivity contribution in [2.24, 2.45) is 0 Å². The molecule has 3 nitrogen and oxygen atoms in total. The normalized spacial score (nSPS) is 10.5. The maximum atomic E-state index is 6.46. The maximum absolute atomic E-state index is 6.46. The molecule has 1 N–H and O–H groups in total. The first-order valence-electron chi connectivity index (χ1n) is 9.03. The topological polar surface area (TPSA) is 34.2 Å². The molecule has 28 heavy (non-hydrogen) atoms. The second kappa shape index (κ2) is 8.59. The molecule has 4 heteroatoms. The molecular formula is C24H19ClN2O. The minimum atomic E-state index is 0.441. The predicted molar refractivity (Wildman–Crippen MR) is 115 cm³/mol. The van der Waals surface area contributed by atoms with Crippen LogP contribution in [-0.4, -0.2) is 4.98 Å². The summed E-state index contributed by atoms with van der Waals surface area (Å²) in [5, 5.41) is 4.03. The van der Waals surface area contributed by atoms with Gasteiger partial charge in [-0.2, -0.15) is 0 Å².